The molecule has 1 aliphatic carbocycles. The Balaban J connectivity index is 2.09. The fourth-order valence-corrected chi connectivity index (χ4v) is 2.97. The number of carbonyl (C=O) groups excluding carboxylic acids is 1. The monoisotopic (exact) mass is 292 g/mol. The maximum Gasteiger partial charge on any atom is 0.257 e. The third kappa shape index (κ3) is 3.29. The van der Waals surface area contributed by atoms with Gasteiger partial charge in [-0.05, 0) is 44.9 Å². The van der Waals surface area contributed by atoms with Gasteiger partial charge >= 0.3 is 0 Å². The third-order valence-corrected chi connectivity index (χ3v) is 4.42. The number of nitrogens with one attached hydrogen (secondary N) is 1. The molecule has 0 aromatic heterocycles. The molecule has 0 spiro atoms. The second-order valence-corrected chi connectivity index (χ2v) is 5.57. The van der Waals surface area contributed by atoms with E-state index in [1.54, 1.807) is 23.1 Å². The van der Waals surface area contributed by atoms with Crippen LogP contribution in [0.25, 0.3) is 0 Å². The van der Waals surface area contributed by atoms with E-state index in [0.717, 1.165) is 25.7 Å². The molecule has 1 fully saturated rings. The number of ether oxygens (including phenoxy) is 1. The molecule has 5 heteroatoms. The van der Waals surface area contributed by atoms with Crippen LogP contribution in [0.15, 0.2) is 18.2 Å². The molecule has 1 aromatic carbocycles. The number of phenolic OH excluding ortho intramolecular Hbond substituents is 1. The zero-order valence-corrected chi connectivity index (χ0v) is 12.9. The maximum atomic E-state index is 12.6. The Bertz CT molecular complexity index is 496. The van der Waals surface area contributed by atoms with Crippen molar-refractivity contribution in [3.8, 4) is 11.5 Å². The standard InChI is InChI=1S/C16H24N2O3/c1-17-11-7-9-12(10-8-11)18(2)16(20)13-5-4-6-14(21-3)15(13)19/h4-6,11-12,17,19H,7-10H2,1-3H3. The van der Waals surface area contributed by atoms with E-state index in [2.05, 4.69) is 5.32 Å². The molecule has 5 nitrogen and oxygen atoms in total. The highest BCUT2D eigenvalue weighted by molar-refractivity contribution is 5.97. The number of hydrogen-bond donors (Lipinski definition) is 2. The average Bonchev–Trinajstić information content (AvgIpc) is 2.54. The van der Waals surface area contributed by atoms with E-state index < -0.39 is 0 Å². The van der Waals surface area contributed by atoms with Crippen molar-refractivity contribution < 1.29 is 14.6 Å². The fourth-order valence-electron chi connectivity index (χ4n) is 2.97. The Morgan fingerprint density at radius 1 is 1.33 bits per heavy atom. The number of nitrogens with zero attached hydrogens (tertiary/aromatic N) is 1. The molecule has 1 aliphatic rings. The van der Waals surface area contributed by atoms with E-state index in [9.17, 15) is 9.90 Å². The number of para-hydroxylation sites is 1. The van der Waals surface area contributed by atoms with Crippen molar-refractivity contribution in [2.75, 3.05) is 21.2 Å². The molecule has 0 aliphatic heterocycles. The van der Waals surface area contributed by atoms with Crippen molar-refractivity contribution in [1.82, 2.24) is 10.2 Å². The van der Waals surface area contributed by atoms with Crippen LogP contribution in [0.3, 0.4) is 0 Å². The lowest BCUT2D eigenvalue weighted by Crippen LogP contribution is -2.42. The molecule has 0 atom stereocenters. The van der Waals surface area contributed by atoms with Gasteiger partial charge in [-0.2, -0.15) is 0 Å². The van der Waals surface area contributed by atoms with Crippen LogP contribution in [0.2, 0.25) is 0 Å². The summed E-state index contributed by atoms with van der Waals surface area (Å²) in [5.41, 5.74) is 0.299. The van der Waals surface area contributed by atoms with Gasteiger partial charge in [0.1, 0.15) is 0 Å². The van der Waals surface area contributed by atoms with Crippen LogP contribution in [-0.2, 0) is 0 Å². The minimum absolute atomic E-state index is 0.0826. The predicted molar refractivity (Wildman–Crippen MR) is 81.9 cm³/mol. The molecule has 1 amide bonds. The van der Waals surface area contributed by atoms with E-state index in [-0.39, 0.29) is 17.7 Å². The highest BCUT2D eigenvalue weighted by Crippen LogP contribution is 2.31. The normalized spacial score (nSPS) is 21.9. The van der Waals surface area contributed by atoms with Gasteiger partial charge in [-0.25, -0.2) is 0 Å². The Morgan fingerprint density at radius 2 is 2.00 bits per heavy atom. The summed E-state index contributed by atoms with van der Waals surface area (Å²) < 4.78 is 5.06. The lowest BCUT2D eigenvalue weighted by Gasteiger charge is -2.34. The summed E-state index contributed by atoms with van der Waals surface area (Å²) in [5, 5.41) is 13.4. The summed E-state index contributed by atoms with van der Waals surface area (Å²) in [6.07, 6.45) is 4.11. The summed E-state index contributed by atoms with van der Waals surface area (Å²) in [6.45, 7) is 0. The SMILES string of the molecule is CNC1CCC(N(C)C(=O)c2cccc(OC)c2O)CC1. The molecule has 0 heterocycles. The van der Waals surface area contributed by atoms with Gasteiger partial charge in [0.05, 0.1) is 12.7 Å². The lowest BCUT2D eigenvalue weighted by molar-refractivity contribution is 0.0682. The van der Waals surface area contributed by atoms with Crippen molar-refractivity contribution in [3.05, 3.63) is 23.8 Å². The van der Waals surface area contributed by atoms with E-state index in [1.165, 1.54) is 7.11 Å². The lowest BCUT2D eigenvalue weighted by atomic mass is 9.90. The number of carbonyl (C=O) groups is 1. The van der Waals surface area contributed by atoms with Crippen LogP contribution in [-0.4, -0.2) is 49.2 Å². The van der Waals surface area contributed by atoms with Crippen molar-refractivity contribution in [2.24, 2.45) is 0 Å². The van der Waals surface area contributed by atoms with Crippen molar-refractivity contribution in [3.63, 3.8) is 0 Å². The van der Waals surface area contributed by atoms with E-state index in [4.69, 9.17) is 4.74 Å². The van der Waals surface area contributed by atoms with Gasteiger partial charge in [-0.3, -0.25) is 4.79 Å². The van der Waals surface area contributed by atoms with Crippen LogP contribution in [0, 0.1) is 0 Å². The van der Waals surface area contributed by atoms with Gasteiger partial charge in [-0.1, -0.05) is 6.07 Å². The molecule has 1 saturated carbocycles. The number of rotatable bonds is 4. The van der Waals surface area contributed by atoms with Gasteiger partial charge in [0.2, 0.25) is 0 Å². The molecule has 1 aromatic rings. The summed E-state index contributed by atoms with van der Waals surface area (Å²) in [7, 11) is 5.27. The molecule has 0 saturated heterocycles. The first-order chi connectivity index (χ1) is 10.1. The minimum Gasteiger partial charge on any atom is -0.504 e. The van der Waals surface area contributed by atoms with Crippen LogP contribution in [0.1, 0.15) is 36.0 Å². The first kappa shape index (κ1) is 15.6. The molecular weight excluding hydrogens is 268 g/mol. The van der Waals surface area contributed by atoms with Gasteiger partial charge < -0.3 is 20.1 Å². The van der Waals surface area contributed by atoms with Crippen LogP contribution in [0.5, 0.6) is 11.5 Å². The summed E-state index contributed by atoms with van der Waals surface area (Å²) in [6, 6.07) is 5.78. The fraction of sp³-hybridized carbons (Fsp3) is 0.562. The smallest absolute Gasteiger partial charge is 0.257 e. The Labute approximate surface area is 125 Å². The van der Waals surface area contributed by atoms with E-state index in [1.807, 2.05) is 14.1 Å². The zero-order valence-electron chi connectivity index (χ0n) is 12.9. The minimum atomic E-state index is -0.153. The molecule has 116 valence electrons. The Hall–Kier alpha value is -1.75. The maximum absolute atomic E-state index is 12.6. The number of phenols is 1. The summed E-state index contributed by atoms with van der Waals surface area (Å²) in [5.74, 6) is 0.0909. The van der Waals surface area contributed by atoms with E-state index >= 15 is 0 Å². The predicted octanol–water partition coefficient (Wildman–Crippen LogP) is 2.00. The van der Waals surface area contributed by atoms with Crippen molar-refractivity contribution >= 4 is 5.91 Å². The number of hydrogen-bond acceptors (Lipinski definition) is 4. The molecular formula is C16H24N2O3. The second kappa shape index (κ2) is 6.80. The molecule has 21 heavy (non-hydrogen) atoms. The molecule has 0 radical (unpaired) electrons. The Morgan fingerprint density at radius 3 is 2.57 bits per heavy atom. The number of aromatic hydroxyl groups is 1. The van der Waals surface area contributed by atoms with Crippen molar-refractivity contribution in [2.45, 2.75) is 37.8 Å². The molecule has 0 unspecified atom stereocenters. The van der Waals surface area contributed by atoms with Crippen LogP contribution < -0.4 is 10.1 Å². The largest absolute Gasteiger partial charge is 0.504 e. The van der Waals surface area contributed by atoms with Crippen molar-refractivity contribution in [1.29, 1.82) is 0 Å². The van der Waals surface area contributed by atoms with Crippen LogP contribution in [0.4, 0.5) is 0 Å². The van der Waals surface area contributed by atoms with Gasteiger partial charge in [0, 0.05) is 19.1 Å². The first-order valence-corrected chi connectivity index (χ1v) is 7.38. The Kier molecular flexibility index (Phi) is 5.07. The first-order valence-electron chi connectivity index (χ1n) is 7.38. The van der Waals surface area contributed by atoms with E-state index in [0.29, 0.717) is 17.4 Å². The zero-order chi connectivity index (χ0) is 15.4. The van der Waals surface area contributed by atoms with Gasteiger partial charge in [0.15, 0.2) is 11.5 Å². The number of methoxy groups -OCH3 is 1. The quantitative estimate of drug-likeness (QED) is 0.891. The highest BCUT2D eigenvalue weighted by Gasteiger charge is 2.28. The number of amides is 1. The van der Waals surface area contributed by atoms with Gasteiger partial charge in [-0.15, -0.1) is 0 Å². The molecule has 2 N–H and O–H groups in total. The second-order valence-electron chi connectivity index (χ2n) is 5.57. The van der Waals surface area contributed by atoms with Crippen LogP contribution >= 0.6 is 0 Å². The molecule has 2 rings (SSSR count). The average molecular weight is 292 g/mol. The summed E-state index contributed by atoms with van der Waals surface area (Å²) in [4.78, 5) is 14.3. The number of benzene rings is 1. The third-order valence-electron chi connectivity index (χ3n) is 4.42. The highest BCUT2D eigenvalue weighted by atomic mass is 16.5. The summed E-state index contributed by atoms with van der Waals surface area (Å²) >= 11 is 0. The van der Waals surface area contributed by atoms with Gasteiger partial charge in [0.25, 0.3) is 5.91 Å². The molecule has 0 bridgehead atoms. The topological polar surface area (TPSA) is 61.8 Å².